The van der Waals surface area contributed by atoms with Gasteiger partial charge in [0.1, 0.15) is 0 Å². The van der Waals surface area contributed by atoms with Gasteiger partial charge in [-0.05, 0) is 32.2 Å². The summed E-state index contributed by atoms with van der Waals surface area (Å²) in [5, 5.41) is 2.83. The summed E-state index contributed by atoms with van der Waals surface area (Å²) in [4.78, 5) is 23.8. The first-order valence-corrected chi connectivity index (χ1v) is 6.42. The van der Waals surface area contributed by atoms with Gasteiger partial charge >= 0.3 is 5.97 Å². The number of nitrogens with one attached hydrogen (secondary N) is 1. The number of ether oxygens (including phenoxy) is 3. The minimum atomic E-state index is -0.616. The molecule has 0 spiro atoms. The lowest BCUT2D eigenvalue weighted by molar-refractivity contribution is -0.143. The number of fused-ring (bicyclic) bond motifs is 1. The summed E-state index contributed by atoms with van der Waals surface area (Å²) in [5.41, 5.74) is 0.470. The summed E-state index contributed by atoms with van der Waals surface area (Å²) in [5.74, 6) is 0.578. The van der Waals surface area contributed by atoms with Crippen LogP contribution in [0.4, 0.5) is 0 Å². The molecule has 0 aliphatic carbocycles. The molecule has 1 atom stereocenters. The minimum absolute atomic E-state index is 0.00237. The van der Waals surface area contributed by atoms with E-state index in [9.17, 15) is 9.59 Å². The molecule has 0 fully saturated rings. The van der Waals surface area contributed by atoms with Crippen LogP contribution in [-0.4, -0.2) is 38.2 Å². The lowest BCUT2D eigenvalue weighted by Gasteiger charge is -2.14. The maximum atomic E-state index is 12.3. The highest BCUT2D eigenvalue weighted by Crippen LogP contribution is 2.32. The molecule has 6 heteroatoms. The number of rotatable bonds is 6. The second-order valence-corrected chi connectivity index (χ2v) is 4.28. The van der Waals surface area contributed by atoms with Crippen LogP contribution in [0.5, 0.6) is 11.5 Å². The molecule has 108 valence electrons. The van der Waals surface area contributed by atoms with Gasteiger partial charge in [-0.3, -0.25) is 9.59 Å². The van der Waals surface area contributed by atoms with E-state index < -0.39 is 12.0 Å². The summed E-state index contributed by atoms with van der Waals surface area (Å²) >= 11 is 0. The van der Waals surface area contributed by atoms with Crippen molar-refractivity contribution >= 4 is 11.8 Å². The number of hydrogen-bond donors (Lipinski definition) is 1. The molecule has 0 bridgehead atoms. The Balaban J connectivity index is 2.10. The number of carbonyl (C=O) groups is 2. The number of likely N-dealkylation sites (N-methyl/N-ethyl adjacent to an activating group) is 1. The Labute approximate surface area is 117 Å². The molecular weight excluding hydrogens is 262 g/mol. The van der Waals surface area contributed by atoms with Crippen LogP contribution in [0.1, 0.15) is 23.7 Å². The standard InChI is InChI=1S/C14H17NO5/c1-3-18-13(16)7-10(15-2)14(17)9-4-5-11-12(6-9)20-8-19-11/h4-6,10,15H,3,7-8H2,1-2H3. The van der Waals surface area contributed by atoms with Crippen molar-refractivity contribution in [2.24, 2.45) is 0 Å². The van der Waals surface area contributed by atoms with E-state index in [0.717, 1.165) is 0 Å². The quantitative estimate of drug-likeness (QED) is 0.622. The molecule has 1 aromatic rings. The fraction of sp³-hybridized carbons (Fsp3) is 0.429. The van der Waals surface area contributed by atoms with E-state index >= 15 is 0 Å². The van der Waals surface area contributed by atoms with Crippen LogP contribution in [-0.2, 0) is 9.53 Å². The van der Waals surface area contributed by atoms with Gasteiger partial charge in [-0.2, -0.15) is 0 Å². The van der Waals surface area contributed by atoms with Crippen LogP contribution >= 0.6 is 0 Å². The number of carbonyl (C=O) groups excluding carboxylic acids is 2. The van der Waals surface area contributed by atoms with Crippen molar-refractivity contribution < 1.29 is 23.8 Å². The Hall–Kier alpha value is -2.08. The molecule has 0 saturated heterocycles. The van der Waals surface area contributed by atoms with Crippen LogP contribution in [0.25, 0.3) is 0 Å². The molecule has 1 aliphatic rings. The summed E-state index contributed by atoms with van der Waals surface area (Å²) in [6.07, 6.45) is -0.00237. The molecule has 6 nitrogen and oxygen atoms in total. The second kappa shape index (κ2) is 6.38. The van der Waals surface area contributed by atoms with Crippen molar-refractivity contribution in [3.05, 3.63) is 23.8 Å². The van der Waals surface area contributed by atoms with Gasteiger partial charge in [0.05, 0.1) is 19.1 Å². The summed E-state index contributed by atoms with van der Waals surface area (Å²) < 4.78 is 15.3. The molecule has 0 amide bonds. The van der Waals surface area contributed by atoms with Crippen molar-refractivity contribution in [3.8, 4) is 11.5 Å². The SMILES string of the molecule is CCOC(=O)CC(NC)C(=O)c1ccc2c(c1)OCO2. The smallest absolute Gasteiger partial charge is 0.307 e. The summed E-state index contributed by atoms with van der Waals surface area (Å²) in [7, 11) is 1.63. The number of ketones is 1. The minimum Gasteiger partial charge on any atom is -0.466 e. The molecule has 1 aliphatic heterocycles. The largest absolute Gasteiger partial charge is 0.466 e. The monoisotopic (exact) mass is 279 g/mol. The van der Waals surface area contributed by atoms with E-state index in [0.29, 0.717) is 23.7 Å². The lowest BCUT2D eigenvalue weighted by atomic mass is 10.0. The van der Waals surface area contributed by atoms with Crippen molar-refractivity contribution in [2.75, 3.05) is 20.4 Å². The van der Waals surface area contributed by atoms with Gasteiger partial charge in [0, 0.05) is 5.56 Å². The van der Waals surface area contributed by atoms with E-state index in [2.05, 4.69) is 5.32 Å². The highest BCUT2D eigenvalue weighted by Gasteiger charge is 2.24. The molecule has 1 aromatic carbocycles. The third-order valence-electron chi connectivity index (χ3n) is 3.00. The van der Waals surface area contributed by atoms with Gasteiger partial charge in [0.2, 0.25) is 6.79 Å². The number of hydrogen-bond acceptors (Lipinski definition) is 6. The van der Waals surface area contributed by atoms with E-state index in [4.69, 9.17) is 14.2 Å². The first kappa shape index (κ1) is 14.3. The molecule has 0 saturated carbocycles. The Morgan fingerprint density at radius 1 is 1.35 bits per heavy atom. The van der Waals surface area contributed by atoms with E-state index in [1.807, 2.05) is 0 Å². The lowest BCUT2D eigenvalue weighted by Crippen LogP contribution is -2.36. The first-order valence-electron chi connectivity index (χ1n) is 6.42. The fourth-order valence-electron chi connectivity index (χ4n) is 1.96. The first-order chi connectivity index (χ1) is 9.65. The predicted molar refractivity (Wildman–Crippen MR) is 71.0 cm³/mol. The molecular formula is C14H17NO5. The molecule has 1 heterocycles. The van der Waals surface area contributed by atoms with Crippen LogP contribution in [0, 0.1) is 0 Å². The number of benzene rings is 1. The molecule has 1 N–H and O–H groups in total. The Bertz CT molecular complexity index is 514. The Morgan fingerprint density at radius 2 is 2.10 bits per heavy atom. The zero-order valence-electron chi connectivity index (χ0n) is 11.5. The van der Waals surface area contributed by atoms with Gasteiger partial charge in [-0.25, -0.2) is 0 Å². The van der Waals surface area contributed by atoms with Crippen LogP contribution in [0.3, 0.4) is 0 Å². The van der Waals surface area contributed by atoms with Gasteiger partial charge in [-0.15, -0.1) is 0 Å². The Kier molecular flexibility index (Phi) is 4.57. The van der Waals surface area contributed by atoms with Crippen molar-refractivity contribution in [1.82, 2.24) is 5.32 Å². The number of Topliss-reactive ketones (excluding diaryl/α,β-unsaturated/α-hetero) is 1. The normalized spacial score (nSPS) is 13.9. The van der Waals surface area contributed by atoms with Gasteiger partial charge in [0.15, 0.2) is 17.3 Å². The zero-order valence-corrected chi connectivity index (χ0v) is 11.5. The number of esters is 1. The summed E-state index contributed by atoms with van der Waals surface area (Å²) in [6.45, 7) is 2.19. The van der Waals surface area contributed by atoms with Crippen molar-refractivity contribution in [2.45, 2.75) is 19.4 Å². The van der Waals surface area contributed by atoms with Crippen LogP contribution in [0.2, 0.25) is 0 Å². The average molecular weight is 279 g/mol. The van der Waals surface area contributed by atoms with E-state index in [1.54, 1.807) is 32.2 Å². The zero-order chi connectivity index (χ0) is 14.5. The average Bonchev–Trinajstić information content (AvgIpc) is 2.91. The van der Waals surface area contributed by atoms with Gasteiger partial charge in [-0.1, -0.05) is 0 Å². The van der Waals surface area contributed by atoms with E-state index in [-0.39, 0.29) is 19.0 Å². The van der Waals surface area contributed by atoms with Crippen molar-refractivity contribution in [3.63, 3.8) is 0 Å². The van der Waals surface area contributed by atoms with Gasteiger partial charge in [0.25, 0.3) is 0 Å². The Morgan fingerprint density at radius 3 is 2.80 bits per heavy atom. The maximum absolute atomic E-state index is 12.3. The van der Waals surface area contributed by atoms with Crippen LogP contribution in [0.15, 0.2) is 18.2 Å². The highest BCUT2D eigenvalue weighted by molar-refractivity contribution is 6.02. The molecule has 2 rings (SSSR count). The van der Waals surface area contributed by atoms with Crippen LogP contribution < -0.4 is 14.8 Å². The maximum Gasteiger partial charge on any atom is 0.307 e. The van der Waals surface area contributed by atoms with E-state index in [1.165, 1.54) is 0 Å². The van der Waals surface area contributed by atoms with Crippen molar-refractivity contribution in [1.29, 1.82) is 0 Å². The highest BCUT2D eigenvalue weighted by atomic mass is 16.7. The van der Waals surface area contributed by atoms with Gasteiger partial charge < -0.3 is 19.5 Å². The fourth-order valence-corrected chi connectivity index (χ4v) is 1.96. The predicted octanol–water partition coefficient (Wildman–Crippen LogP) is 1.14. The topological polar surface area (TPSA) is 73.9 Å². The summed E-state index contributed by atoms with van der Waals surface area (Å²) in [6, 6.07) is 4.35. The molecule has 0 radical (unpaired) electrons. The third-order valence-corrected chi connectivity index (χ3v) is 3.00. The third kappa shape index (κ3) is 3.08. The second-order valence-electron chi connectivity index (χ2n) is 4.28. The molecule has 0 aromatic heterocycles. The molecule has 1 unspecified atom stereocenters. The molecule has 20 heavy (non-hydrogen) atoms.